The number of rotatable bonds is 2. The minimum absolute atomic E-state index is 0.103. The van der Waals surface area contributed by atoms with Crippen molar-refractivity contribution in [2.24, 2.45) is 5.92 Å². The molecule has 4 nitrogen and oxygen atoms in total. The van der Waals surface area contributed by atoms with Gasteiger partial charge in [-0.1, -0.05) is 0 Å². The van der Waals surface area contributed by atoms with E-state index in [1.807, 2.05) is 0 Å². The van der Waals surface area contributed by atoms with Crippen molar-refractivity contribution in [3.8, 4) is 0 Å². The predicted octanol–water partition coefficient (Wildman–Crippen LogP) is 0.913. The van der Waals surface area contributed by atoms with Gasteiger partial charge in [-0.05, 0) is 6.42 Å². The van der Waals surface area contributed by atoms with E-state index in [4.69, 9.17) is 5.11 Å². The number of amides is 1. The number of alkyl halides is 1. The number of hydrogen-bond donors (Lipinski definition) is 1. The van der Waals surface area contributed by atoms with Crippen molar-refractivity contribution in [2.45, 2.75) is 19.0 Å². The molecule has 1 N–H and O–H groups in total. The number of nitrogens with zero attached hydrogens (tertiary/aromatic N) is 1. The largest absolute Gasteiger partial charge is 0.465 e. The summed E-state index contributed by atoms with van der Waals surface area (Å²) < 4.78 is 13.2. The zero-order valence-electron chi connectivity index (χ0n) is 7.15. The topological polar surface area (TPSA) is 57.6 Å². The number of carboxylic acid groups (broad SMARTS) is 1. The lowest BCUT2D eigenvalue weighted by Crippen LogP contribution is -2.44. The lowest BCUT2D eigenvalue weighted by molar-refractivity contribution is -0.109. The predicted molar refractivity (Wildman–Crippen MR) is 43.3 cm³/mol. The van der Waals surface area contributed by atoms with Crippen LogP contribution in [0.15, 0.2) is 0 Å². The van der Waals surface area contributed by atoms with Crippen LogP contribution in [0.3, 0.4) is 0 Å². The summed E-state index contributed by atoms with van der Waals surface area (Å²) in [6, 6.07) is 0. The highest BCUT2D eigenvalue weighted by atomic mass is 19.1. The van der Waals surface area contributed by atoms with E-state index in [1.54, 1.807) is 0 Å². The molecular formula is C8H12FNO3. The van der Waals surface area contributed by atoms with Gasteiger partial charge in [0.05, 0.1) is 6.54 Å². The van der Waals surface area contributed by atoms with E-state index in [0.717, 1.165) is 4.90 Å². The molecule has 13 heavy (non-hydrogen) atoms. The molecule has 0 bridgehead atoms. The first-order chi connectivity index (χ1) is 6.15. The highest BCUT2D eigenvalue weighted by Gasteiger charge is 2.30. The maximum atomic E-state index is 13.2. The van der Waals surface area contributed by atoms with Crippen LogP contribution in [-0.4, -0.2) is 41.6 Å². The Morgan fingerprint density at radius 2 is 2.38 bits per heavy atom. The second kappa shape index (κ2) is 4.20. The molecule has 74 valence electrons. The standard InChI is InChI=1S/C8H12FNO3/c9-7-5-10(8(12)13)3-1-6(7)2-4-11/h4,6-7H,1-3,5H2,(H,12,13). The lowest BCUT2D eigenvalue weighted by Gasteiger charge is -2.31. The summed E-state index contributed by atoms with van der Waals surface area (Å²) in [5, 5.41) is 8.56. The Labute approximate surface area is 75.3 Å². The summed E-state index contributed by atoms with van der Waals surface area (Å²) in [5.41, 5.74) is 0. The van der Waals surface area contributed by atoms with Gasteiger partial charge in [0.15, 0.2) is 0 Å². The van der Waals surface area contributed by atoms with Crippen molar-refractivity contribution in [1.29, 1.82) is 0 Å². The fourth-order valence-electron chi connectivity index (χ4n) is 1.52. The van der Waals surface area contributed by atoms with Crippen molar-refractivity contribution in [1.82, 2.24) is 4.90 Å². The van der Waals surface area contributed by atoms with Crippen molar-refractivity contribution in [3.05, 3.63) is 0 Å². The monoisotopic (exact) mass is 189 g/mol. The van der Waals surface area contributed by atoms with Crippen LogP contribution < -0.4 is 0 Å². The van der Waals surface area contributed by atoms with Gasteiger partial charge >= 0.3 is 6.09 Å². The average Bonchev–Trinajstić information content (AvgIpc) is 2.08. The second-order valence-corrected chi connectivity index (χ2v) is 3.20. The van der Waals surface area contributed by atoms with E-state index in [2.05, 4.69) is 0 Å². The van der Waals surface area contributed by atoms with E-state index in [9.17, 15) is 14.0 Å². The number of hydrogen-bond acceptors (Lipinski definition) is 2. The van der Waals surface area contributed by atoms with Gasteiger partial charge in [-0.3, -0.25) is 0 Å². The molecule has 1 amide bonds. The molecule has 1 heterocycles. The Bertz CT molecular complexity index is 210. The minimum atomic E-state index is -1.20. The van der Waals surface area contributed by atoms with E-state index >= 15 is 0 Å². The van der Waals surface area contributed by atoms with E-state index < -0.39 is 12.3 Å². The lowest BCUT2D eigenvalue weighted by atomic mass is 9.93. The first kappa shape index (κ1) is 9.95. The first-order valence-corrected chi connectivity index (χ1v) is 4.20. The zero-order chi connectivity index (χ0) is 9.84. The summed E-state index contributed by atoms with van der Waals surface area (Å²) in [6.07, 6.45) is -0.976. The molecule has 0 saturated carbocycles. The van der Waals surface area contributed by atoms with Crippen LogP contribution in [0.5, 0.6) is 0 Å². The fraction of sp³-hybridized carbons (Fsp3) is 0.750. The van der Waals surface area contributed by atoms with Gasteiger partial charge in [-0.25, -0.2) is 9.18 Å². The molecule has 1 aliphatic heterocycles. The van der Waals surface area contributed by atoms with Crippen molar-refractivity contribution in [3.63, 3.8) is 0 Å². The summed E-state index contributed by atoms with van der Waals surface area (Å²) in [7, 11) is 0. The third kappa shape index (κ3) is 2.40. The molecule has 0 aliphatic carbocycles. The van der Waals surface area contributed by atoms with Gasteiger partial charge in [0.2, 0.25) is 0 Å². The SMILES string of the molecule is O=CCC1CCN(C(=O)O)CC1F. The fourth-order valence-corrected chi connectivity index (χ4v) is 1.52. The van der Waals surface area contributed by atoms with Crippen LogP contribution in [0.1, 0.15) is 12.8 Å². The smallest absolute Gasteiger partial charge is 0.407 e. The number of carbonyl (C=O) groups excluding carboxylic acids is 1. The van der Waals surface area contributed by atoms with Crippen molar-refractivity contribution < 1.29 is 19.1 Å². The molecule has 1 aliphatic rings. The molecule has 0 radical (unpaired) electrons. The van der Waals surface area contributed by atoms with Gasteiger partial charge in [0, 0.05) is 18.9 Å². The average molecular weight is 189 g/mol. The molecule has 1 saturated heterocycles. The molecule has 2 unspecified atom stereocenters. The summed E-state index contributed by atoms with van der Waals surface area (Å²) in [4.78, 5) is 21.6. The van der Waals surface area contributed by atoms with Crippen molar-refractivity contribution in [2.75, 3.05) is 13.1 Å². The van der Waals surface area contributed by atoms with Gasteiger partial charge in [0.1, 0.15) is 12.5 Å². The number of halogens is 1. The number of likely N-dealkylation sites (tertiary alicyclic amines) is 1. The summed E-state index contributed by atoms with van der Waals surface area (Å²) in [6.45, 7) is 0.224. The number of piperidine rings is 1. The quantitative estimate of drug-likeness (QED) is 0.657. The van der Waals surface area contributed by atoms with Crippen molar-refractivity contribution >= 4 is 12.4 Å². The van der Waals surface area contributed by atoms with Gasteiger partial charge < -0.3 is 14.8 Å². The Morgan fingerprint density at radius 1 is 1.69 bits per heavy atom. The molecule has 1 fully saturated rings. The Balaban J connectivity index is 2.46. The van der Waals surface area contributed by atoms with Crippen LogP contribution in [0.2, 0.25) is 0 Å². The molecule has 0 aromatic rings. The Morgan fingerprint density at radius 3 is 2.85 bits per heavy atom. The summed E-state index contributed by atoms with van der Waals surface area (Å²) in [5.74, 6) is -0.298. The molecule has 2 atom stereocenters. The molecule has 5 heteroatoms. The molecule has 0 aromatic carbocycles. The van der Waals surface area contributed by atoms with Gasteiger partial charge in [-0.15, -0.1) is 0 Å². The first-order valence-electron chi connectivity index (χ1n) is 4.20. The minimum Gasteiger partial charge on any atom is -0.465 e. The van der Waals surface area contributed by atoms with E-state index in [1.165, 1.54) is 0 Å². The second-order valence-electron chi connectivity index (χ2n) is 3.20. The number of carbonyl (C=O) groups is 2. The van der Waals surface area contributed by atoms with E-state index in [-0.39, 0.29) is 18.9 Å². The van der Waals surface area contributed by atoms with Gasteiger partial charge in [-0.2, -0.15) is 0 Å². The highest BCUT2D eigenvalue weighted by Crippen LogP contribution is 2.22. The molecule has 0 aromatic heterocycles. The third-order valence-corrected chi connectivity index (χ3v) is 2.35. The Kier molecular flexibility index (Phi) is 3.22. The van der Waals surface area contributed by atoms with Gasteiger partial charge in [0.25, 0.3) is 0 Å². The molecular weight excluding hydrogens is 177 g/mol. The molecule has 0 spiro atoms. The highest BCUT2D eigenvalue weighted by molar-refractivity contribution is 5.65. The summed E-state index contributed by atoms with van der Waals surface area (Å²) >= 11 is 0. The van der Waals surface area contributed by atoms with Crippen LogP contribution in [0.25, 0.3) is 0 Å². The van der Waals surface area contributed by atoms with E-state index in [0.29, 0.717) is 19.3 Å². The van der Waals surface area contributed by atoms with Crippen LogP contribution >= 0.6 is 0 Å². The van der Waals surface area contributed by atoms with Crippen LogP contribution in [0.4, 0.5) is 9.18 Å². The number of aldehydes is 1. The van der Waals surface area contributed by atoms with Crippen LogP contribution in [-0.2, 0) is 4.79 Å². The maximum absolute atomic E-state index is 13.2. The zero-order valence-corrected chi connectivity index (χ0v) is 7.15. The van der Waals surface area contributed by atoms with Crippen LogP contribution in [0, 0.1) is 5.92 Å². The third-order valence-electron chi connectivity index (χ3n) is 2.35. The molecule has 1 rings (SSSR count). The Hall–Kier alpha value is -1.13. The normalized spacial score (nSPS) is 28.5. The maximum Gasteiger partial charge on any atom is 0.407 e.